The van der Waals surface area contributed by atoms with Crippen LogP contribution in [0.3, 0.4) is 0 Å². The van der Waals surface area contributed by atoms with Gasteiger partial charge in [-0.1, -0.05) is 6.92 Å². The number of amides is 1. The Morgan fingerprint density at radius 1 is 1.42 bits per heavy atom. The molecule has 0 radical (unpaired) electrons. The largest absolute Gasteiger partial charge is 0.494 e. The Hall–Kier alpha value is -2.31. The highest BCUT2D eigenvalue weighted by Gasteiger charge is 2.23. The van der Waals surface area contributed by atoms with E-state index < -0.39 is 29.9 Å². The van der Waals surface area contributed by atoms with Gasteiger partial charge in [0.1, 0.15) is 6.54 Å². The summed E-state index contributed by atoms with van der Waals surface area (Å²) in [7, 11) is 0. The Morgan fingerprint density at radius 3 is 2.53 bits per heavy atom. The molecule has 7 heteroatoms. The van der Waals surface area contributed by atoms with E-state index in [1.54, 1.807) is 6.92 Å². The lowest BCUT2D eigenvalue weighted by molar-refractivity contribution is -0.138. The van der Waals surface area contributed by atoms with E-state index in [0.29, 0.717) is 6.42 Å². The van der Waals surface area contributed by atoms with E-state index in [1.165, 1.54) is 0 Å². The SMILES string of the molecule is CCC(C)N(CC(=O)O)C(=O)c1cc(O)[nH]c(=O)c1. The topological polar surface area (TPSA) is 111 Å². The molecule has 0 aliphatic carbocycles. The van der Waals surface area contributed by atoms with Crippen molar-refractivity contribution in [2.45, 2.75) is 26.3 Å². The summed E-state index contributed by atoms with van der Waals surface area (Å²) in [6.45, 7) is 3.08. The third kappa shape index (κ3) is 3.84. The average Bonchev–Trinajstić information content (AvgIpc) is 2.32. The number of aromatic hydroxyl groups is 1. The van der Waals surface area contributed by atoms with Crippen LogP contribution in [0.25, 0.3) is 0 Å². The lowest BCUT2D eigenvalue weighted by Crippen LogP contribution is -2.42. The third-order valence-electron chi connectivity index (χ3n) is 2.77. The van der Waals surface area contributed by atoms with Crippen molar-refractivity contribution >= 4 is 11.9 Å². The number of nitrogens with one attached hydrogen (secondary N) is 1. The van der Waals surface area contributed by atoms with Crippen LogP contribution >= 0.6 is 0 Å². The van der Waals surface area contributed by atoms with E-state index in [-0.39, 0.29) is 11.6 Å². The highest BCUT2D eigenvalue weighted by atomic mass is 16.4. The molecule has 0 aliphatic rings. The fourth-order valence-electron chi connectivity index (χ4n) is 1.61. The quantitative estimate of drug-likeness (QED) is 0.716. The number of aromatic nitrogens is 1. The minimum atomic E-state index is -1.14. The van der Waals surface area contributed by atoms with Crippen LogP contribution in [0.4, 0.5) is 0 Å². The maximum atomic E-state index is 12.2. The van der Waals surface area contributed by atoms with E-state index in [9.17, 15) is 19.5 Å². The lowest BCUT2D eigenvalue weighted by Gasteiger charge is -2.26. The number of hydrogen-bond donors (Lipinski definition) is 3. The van der Waals surface area contributed by atoms with Crippen LogP contribution in [0.5, 0.6) is 5.88 Å². The van der Waals surface area contributed by atoms with Crippen molar-refractivity contribution < 1.29 is 19.8 Å². The number of pyridine rings is 1. The molecule has 7 nitrogen and oxygen atoms in total. The predicted octanol–water partition coefficient (Wildman–Crippen LogP) is 0.406. The number of aliphatic carboxylic acids is 1. The van der Waals surface area contributed by atoms with Gasteiger partial charge in [0.05, 0.1) is 5.56 Å². The molecule has 0 fully saturated rings. The summed E-state index contributed by atoms with van der Waals surface area (Å²) in [5.74, 6) is -2.17. The zero-order valence-electron chi connectivity index (χ0n) is 10.7. The van der Waals surface area contributed by atoms with Crippen LogP contribution in [0.1, 0.15) is 30.6 Å². The summed E-state index contributed by atoms with van der Waals surface area (Å²) in [4.78, 5) is 37.4. The van der Waals surface area contributed by atoms with Gasteiger partial charge in [-0.2, -0.15) is 0 Å². The molecule has 1 rings (SSSR count). The van der Waals surface area contributed by atoms with E-state index in [4.69, 9.17) is 5.11 Å². The van der Waals surface area contributed by atoms with Gasteiger partial charge in [-0.3, -0.25) is 19.4 Å². The first-order valence-corrected chi connectivity index (χ1v) is 5.81. The first-order valence-electron chi connectivity index (χ1n) is 5.81. The zero-order chi connectivity index (χ0) is 14.6. The number of aromatic amines is 1. The molecule has 0 bridgehead atoms. The summed E-state index contributed by atoms with van der Waals surface area (Å²) < 4.78 is 0. The summed E-state index contributed by atoms with van der Waals surface area (Å²) >= 11 is 0. The minimum absolute atomic E-state index is 0.0391. The van der Waals surface area contributed by atoms with Gasteiger partial charge in [0.25, 0.3) is 11.5 Å². The van der Waals surface area contributed by atoms with Gasteiger partial charge in [0.2, 0.25) is 0 Å². The number of H-pyrrole nitrogens is 1. The van der Waals surface area contributed by atoms with Crippen molar-refractivity contribution in [2.24, 2.45) is 0 Å². The van der Waals surface area contributed by atoms with Crippen LogP contribution in [-0.4, -0.2) is 44.6 Å². The zero-order valence-corrected chi connectivity index (χ0v) is 10.7. The summed E-state index contributed by atoms with van der Waals surface area (Å²) in [5.41, 5.74) is -0.662. The monoisotopic (exact) mass is 268 g/mol. The van der Waals surface area contributed by atoms with E-state index in [0.717, 1.165) is 17.0 Å². The van der Waals surface area contributed by atoms with Gasteiger partial charge in [0, 0.05) is 18.2 Å². The number of nitrogens with zero attached hydrogens (tertiary/aromatic N) is 1. The van der Waals surface area contributed by atoms with E-state index >= 15 is 0 Å². The number of carbonyl (C=O) groups excluding carboxylic acids is 1. The summed E-state index contributed by atoms with van der Waals surface area (Å²) in [5, 5.41) is 18.1. The highest BCUT2D eigenvalue weighted by molar-refractivity contribution is 5.96. The molecular formula is C12H16N2O5. The molecule has 19 heavy (non-hydrogen) atoms. The van der Waals surface area contributed by atoms with Gasteiger partial charge in [-0.25, -0.2) is 0 Å². The molecular weight excluding hydrogens is 252 g/mol. The van der Waals surface area contributed by atoms with Crippen LogP contribution in [0.15, 0.2) is 16.9 Å². The second kappa shape index (κ2) is 6.03. The van der Waals surface area contributed by atoms with Crippen LogP contribution in [-0.2, 0) is 4.79 Å². The molecule has 1 atom stereocenters. The second-order valence-corrected chi connectivity index (χ2v) is 4.20. The van der Waals surface area contributed by atoms with Gasteiger partial charge >= 0.3 is 5.97 Å². The number of hydrogen-bond acceptors (Lipinski definition) is 4. The molecule has 3 N–H and O–H groups in total. The molecule has 1 aromatic heterocycles. The van der Waals surface area contributed by atoms with Crippen LogP contribution in [0.2, 0.25) is 0 Å². The van der Waals surface area contributed by atoms with Crippen molar-refractivity contribution in [3.63, 3.8) is 0 Å². The molecule has 0 aliphatic heterocycles. The van der Waals surface area contributed by atoms with E-state index in [2.05, 4.69) is 4.98 Å². The average molecular weight is 268 g/mol. The third-order valence-corrected chi connectivity index (χ3v) is 2.77. The fourth-order valence-corrected chi connectivity index (χ4v) is 1.61. The predicted molar refractivity (Wildman–Crippen MR) is 67.2 cm³/mol. The molecule has 0 spiro atoms. The molecule has 1 heterocycles. The first-order chi connectivity index (χ1) is 8.85. The number of carboxylic acids is 1. The molecule has 1 aromatic rings. The summed E-state index contributed by atoms with van der Waals surface area (Å²) in [6.07, 6.45) is 0.578. The molecule has 1 unspecified atom stereocenters. The van der Waals surface area contributed by atoms with E-state index in [1.807, 2.05) is 6.92 Å². The Morgan fingerprint density at radius 2 is 2.05 bits per heavy atom. The van der Waals surface area contributed by atoms with Crippen molar-refractivity contribution in [3.05, 3.63) is 28.0 Å². The van der Waals surface area contributed by atoms with Crippen molar-refractivity contribution in [1.82, 2.24) is 9.88 Å². The molecule has 0 aromatic carbocycles. The number of rotatable bonds is 5. The second-order valence-electron chi connectivity index (χ2n) is 4.20. The van der Waals surface area contributed by atoms with Gasteiger partial charge in [-0.15, -0.1) is 0 Å². The van der Waals surface area contributed by atoms with Gasteiger partial charge < -0.3 is 15.1 Å². The Bertz CT molecular complexity index is 537. The minimum Gasteiger partial charge on any atom is -0.494 e. The first kappa shape index (κ1) is 14.7. The van der Waals surface area contributed by atoms with Crippen LogP contribution in [0, 0.1) is 0 Å². The molecule has 104 valence electrons. The standard InChI is InChI=1S/C12H16N2O5/c1-3-7(2)14(6-11(17)18)12(19)8-4-9(15)13-10(16)5-8/h4-5,7H,3,6H2,1-2H3,(H,17,18)(H2,13,15,16). The lowest BCUT2D eigenvalue weighted by atomic mass is 10.1. The number of carbonyl (C=O) groups is 2. The molecule has 1 amide bonds. The maximum absolute atomic E-state index is 12.2. The number of carboxylic acid groups (broad SMARTS) is 1. The Labute approximate surface area is 109 Å². The fraction of sp³-hybridized carbons (Fsp3) is 0.417. The Kier molecular flexibility index (Phi) is 4.68. The normalized spacial score (nSPS) is 11.9. The van der Waals surface area contributed by atoms with Crippen LogP contribution < -0.4 is 5.56 Å². The van der Waals surface area contributed by atoms with Gasteiger partial charge in [0.15, 0.2) is 5.88 Å². The smallest absolute Gasteiger partial charge is 0.323 e. The Balaban J connectivity index is 3.11. The van der Waals surface area contributed by atoms with Crippen molar-refractivity contribution in [2.75, 3.05) is 6.54 Å². The maximum Gasteiger partial charge on any atom is 0.323 e. The van der Waals surface area contributed by atoms with Gasteiger partial charge in [-0.05, 0) is 13.3 Å². The van der Waals surface area contributed by atoms with Crippen molar-refractivity contribution in [1.29, 1.82) is 0 Å². The highest BCUT2D eigenvalue weighted by Crippen LogP contribution is 2.12. The van der Waals surface area contributed by atoms with Crippen molar-refractivity contribution in [3.8, 4) is 5.88 Å². The molecule has 0 saturated carbocycles. The molecule has 0 saturated heterocycles. The summed E-state index contributed by atoms with van der Waals surface area (Å²) in [6, 6.07) is 1.84.